The van der Waals surface area contributed by atoms with Crippen LogP contribution in [0.2, 0.25) is 10.0 Å². The first kappa shape index (κ1) is 28.5. The number of likely N-dealkylation sites (tertiary alicyclic amines) is 1. The topological polar surface area (TPSA) is 50.9 Å². The highest BCUT2D eigenvalue weighted by molar-refractivity contribution is 6.39. The first-order chi connectivity index (χ1) is 19.4. The van der Waals surface area contributed by atoms with E-state index in [0.29, 0.717) is 28.2 Å². The van der Waals surface area contributed by atoms with Gasteiger partial charge in [-0.1, -0.05) is 78.3 Å². The normalized spacial score (nSPS) is 17.0. The molecule has 2 aliphatic heterocycles. The van der Waals surface area contributed by atoms with Crippen LogP contribution in [0.5, 0.6) is 0 Å². The number of nitrogens with zero attached hydrogens (tertiary/aromatic N) is 3. The lowest BCUT2D eigenvalue weighted by Crippen LogP contribution is -2.48. The van der Waals surface area contributed by atoms with Gasteiger partial charge >= 0.3 is 0 Å². The number of hydrogen-bond acceptors (Lipinski definition) is 5. The Morgan fingerprint density at radius 3 is 2.05 bits per heavy atom. The molecule has 0 aliphatic carbocycles. The second-order valence-corrected chi connectivity index (χ2v) is 11.5. The van der Waals surface area contributed by atoms with Gasteiger partial charge in [-0.25, -0.2) is 0 Å². The van der Waals surface area contributed by atoms with Crippen LogP contribution in [0.1, 0.15) is 29.9 Å². The summed E-state index contributed by atoms with van der Waals surface area (Å²) in [6.45, 7) is 11.2. The number of rotatable bonds is 9. The van der Waals surface area contributed by atoms with Gasteiger partial charge in [0, 0.05) is 51.5 Å². The molecule has 1 amide bonds. The first-order valence-electron chi connectivity index (χ1n) is 14.0. The van der Waals surface area contributed by atoms with Crippen LogP contribution in [0, 0.1) is 0 Å². The molecule has 0 bridgehead atoms. The molecule has 210 valence electrons. The van der Waals surface area contributed by atoms with E-state index in [4.69, 9.17) is 23.2 Å². The Hall–Kier alpha value is -3.03. The summed E-state index contributed by atoms with van der Waals surface area (Å²) in [4.78, 5) is 19.6. The van der Waals surface area contributed by atoms with E-state index in [1.807, 2.05) is 30.3 Å². The molecule has 2 saturated heterocycles. The van der Waals surface area contributed by atoms with E-state index in [1.165, 1.54) is 11.1 Å². The lowest BCUT2D eigenvalue weighted by Gasteiger charge is -2.35. The highest BCUT2D eigenvalue weighted by Gasteiger charge is 2.23. The van der Waals surface area contributed by atoms with Gasteiger partial charge in [-0.15, -0.1) is 0 Å². The van der Waals surface area contributed by atoms with Crippen LogP contribution in [0.4, 0.5) is 11.4 Å². The molecule has 2 N–H and O–H groups in total. The van der Waals surface area contributed by atoms with Gasteiger partial charge < -0.3 is 15.5 Å². The van der Waals surface area contributed by atoms with Gasteiger partial charge in [0.1, 0.15) is 0 Å². The average Bonchev–Trinajstić information content (AvgIpc) is 2.97. The minimum atomic E-state index is 0.0437. The molecule has 0 radical (unpaired) electrons. The van der Waals surface area contributed by atoms with Crippen LogP contribution in [-0.2, 0) is 11.3 Å². The molecular weight excluding hydrogens is 541 g/mol. The lowest BCUT2D eigenvalue weighted by atomic mass is 9.89. The van der Waals surface area contributed by atoms with E-state index < -0.39 is 0 Å². The fraction of sp³-hybridized carbons (Fsp3) is 0.344. The predicted molar refractivity (Wildman–Crippen MR) is 166 cm³/mol. The number of halogens is 2. The van der Waals surface area contributed by atoms with Crippen molar-refractivity contribution in [2.24, 2.45) is 0 Å². The van der Waals surface area contributed by atoms with Crippen molar-refractivity contribution >= 4 is 40.5 Å². The zero-order chi connectivity index (χ0) is 27.9. The number of para-hydroxylation sites is 1. The van der Waals surface area contributed by atoms with Crippen molar-refractivity contribution in [3.8, 4) is 0 Å². The van der Waals surface area contributed by atoms with Gasteiger partial charge in [0.25, 0.3) is 0 Å². The van der Waals surface area contributed by atoms with E-state index in [9.17, 15) is 4.79 Å². The minimum Gasteiger partial charge on any atom is -0.359 e. The number of nitrogens with one attached hydrogen (secondary N) is 2. The molecule has 0 saturated carbocycles. The smallest absolute Gasteiger partial charge is 0.238 e. The Morgan fingerprint density at radius 1 is 0.775 bits per heavy atom. The Bertz CT molecular complexity index is 1260. The largest absolute Gasteiger partial charge is 0.359 e. The molecule has 3 aromatic carbocycles. The number of carbonyl (C=O) groups is 1. The van der Waals surface area contributed by atoms with Crippen LogP contribution in [0.25, 0.3) is 0 Å². The summed E-state index contributed by atoms with van der Waals surface area (Å²) in [6, 6.07) is 24.4. The third-order valence-electron chi connectivity index (χ3n) is 7.86. The summed E-state index contributed by atoms with van der Waals surface area (Å²) >= 11 is 12.6. The fourth-order valence-electron chi connectivity index (χ4n) is 5.51. The Morgan fingerprint density at radius 2 is 1.40 bits per heavy atom. The highest BCUT2D eigenvalue weighted by atomic mass is 35.5. The number of carbonyl (C=O) groups excluding carboxylic acids is 1. The molecule has 8 heteroatoms. The quantitative estimate of drug-likeness (QED) is 0.303. The molecule has 6 nitrogen and oxygen atoms in total. The van der Waals surface area contributed by atoms with Crippen LogP contribution < -0.4 is 10.6 Å². The van der Waals surface area contributed by atoms with E-state index in [2.05, 4.69) is 74.4 Å². The molecule has 2 fully saturated rings. The standard InChI is InChI=1S/C32H37Cl2N5O/c1-24(35-32-29(33)8-5-9-30(32)34)39-16-14-27(15-17-39)26-10-12-28(13-11-26)36-31(40)23-38-20-18-37(19-21-38)22-25-6-3-2-4-7-25/h2-13,27,35H,1,14-23H2,(H,36,40). The van der Waals surface area contributed by atoms with Crippen molar-refractivity contribution in [3.63, 3.8) is 0 Å². The number of piperidine rings is 1. The van der Waals surface area contributed by atoms with Gasteiger partial charge in [0.2, 0.25) is 5.91 Å². The van der Waals surface area contributed by atoms with Crippen molar-refractivity contribution in [2.75, 3.05) is 56.4 Å². The van der Waals surface area contributed by atoms with Gasteiger partial charge in [-0.2, -0.15) is 0 Å². The molecule has 40 heavy (non-hydrogen) atoms. The van der Waals surface area contributed by atoms with Gasteiger partial charge in [-0.05, 0) is 54.2 Å². The summed E-state index contributed by atoms with van der Waals surface area (Å²) in [5.74, 6) is 1.33. The van der Waals surface area contributed by atoms with E-state index in [1.54, 1.807) is 0 Å². The lowest BCUT2D eigenvalue weighted by molar-refractivity contribution is -0.117. The number of benzene rings is 3. The van der Waals surface area contributed by atoms with Crippen molar-refractivity contribution in [3.05, 3.63) is 106 Å². The minimum absolute atomic E-state index is 0.0437. The third kappa shape index (κ3) is 7.58. The first-order valence-corrected chi connectivity index (χ1v) is 14.7. The van der Waals surface area contributed by atoms with Gasteiger partial charge in [0.15, 0.2) is 0 Å². The number of piperazine rings is 1. The molecular formula is C32H37Cl2N5O. The maximum Gasteiger partial charge on any atom is 0.238 e. The van der Waals surface area contributed by atoms with E-state index in [-0.39, 0.29) is 5.91 Å². The van der Waals surface area contributed by atoms with Crippen molar-refractivity contribution in [2.45, 2.75) is 25.3 Å². The summed E-state index contributed by atoms with van der Waals surface area (Å²) in [5, 5.41) is 7.53. The molecule has 3 aromatic rings. The molecule has 5 rings (SSSR count). The SMILES string of the molecule is C=C(Nc1c(Cl)cccc1Cl)N1CCC(c2ccc(NC(=O)CN3CCN(Cc4ccccc4)CC3)cc2)CC1. The van der Waals surface area contributed by atoms with E-state index in [0.717, 1.165) is 70.2 Å². The highest BCUT2D eigenvalue weighted by Crippen LogP contribution is 2.33. The molecule has 0 atom stereocenters. The van der Waals surface area contributed by atoms with Crippen LogP contribution in [0.3, 0.4) is 0 Å². The predicted octanol–water partition coefficient (Wildman–Crippen LogP) is 6.51. The van der Waals surface area contributed by atoms with Crippen LogP contribution in [-0.4, -0.2) is 66.4 Å². The summed E-state index contributed by atoms with van der Waals surface area (Å²) in [5.41, 5.74) is 4.19. The van der Waals surface area contributed by atoms with Gasteiger partial charge in [-0.3, -0.25) is 14.6 Å². The van der Waals surface area contributed by atoms with Crippen molar-refractivity contribution < 1.29 is 4.79 Å². The Kier molecular flexibility index (Phi) is 9.66. The maximum absolute atomic E-state index is 12.7. The van der Waals surface area contributed by atoms with E-state index >= 15 is 0 Å². The second kappa shape index (κ2) is 13.6. The fourth-order valence-corrected chi connectivity index (χ4v) is 6.00. The summed E-state index contributed by atoms with van der Waals surface area (Å²) in [6.07, 6.45) is 2.05. The van der Waals surface area contributed by atoms with Gasteiger partial charge in [0.05, 0.1) is 28.1 Å². The number of anilines is 2. The molecule has 2 aliphatic rings. The van der Waals surface area contributed by atoms with Crippen molar-refractivity contribution in [1.82, 2.24) is 14.7 Å². The van der Waals surface area contributed by atoms with Crippen LogP contribution in [0.15, 0.2) is 85.2 Å². The number of amides is 1. The monoisotopic (exact) mass is 577 g/mol. The second-order valence-electron chi connectivity index (χ2n) is 10.6. The zero-order valence-corrected chi connectivity index (χ0v) is 24.3. The Labute approximate surface area is 247 Å². The maximum atomic E-state index is 12.7. The average molecular weight is 579 g/mol. The Balaban J connectivity index is 1.04. The van der Waals surface area contributed by atoms with Crippen LogP contribution >= 0.6 is 23.2 Å². The molecule has 0 spiro atoms. The molecule has 2 heterocycles. The zero-order valence-electron chi connectivity index (χ0n) is 22.8. The summed E-state index contributed by atoms with van der Waals surface area (Å²) < 4.78 is 0. The molecule has 0 unspecified atom stereocenters. The number of hydrogen-bond donors (Lipinski definition) is 2. The molecule has 0 aromatic heterocycles. The third-order valence-corrected chi connectivity index (χ3v) is 8.49. The van der Waals surface area contributed by atoms with Crippen molar-refractivity contribution in [1.29, 1.82) is 0 Å². The summed E-state index contributed by atoms with van der Waals surface area (Å²) in [7, 11) is 0.